The van der Waals surface area contributed by atoms with E-state index >= 15 is 0 Å². The fourth-order valence-corrected chi connectivity index (χ4v) is 5.86. The molecule has 152 valence electrons. The van der Waals surface area contributed by atoms with E-state index in [9.17, 15) is 4.79 Å². The monoisotopic (exact) mass is 400 g/mol. The van der Waals surface area contributed by atoms with Gasteiger partial charge >= 0.3 is 0 Å². The molecule has 2 aromatic heterocycles. The lowest BCUT2D eigenvalue weighted by atomic mass is 10.0. The number of thiophene rings is 1. The minimum atomic E-state index is 0.0719. The third kappa shape index (κ3) is 3.88. The predicted molar refractivity (Wildman–Crippen MR) is 117 cm³/mol. The number of hydrogen-bond acceptors (Lipinski definition) is 5. The predicted octanol–water partition coefficient (Wildman–Crippen LogP) is 5.14. The summed E-state index contributed by atoms with van der Waals surface area (Å²) in [6.07, 6.45) is 10.9. The molecule has 1 unspecified atom stereocenters. The summed E-state index contributed by atoms with van der Waals surface area (Å²) >= 11 is 1.53. The molecule has 4 rings (SSSR count). The van der Waals surface area contributed by atoms with Crippen LogP contribution in [0, 0.1) is 13.8 Å². The first-order valence-corrected chi connectivity index (χ1v) is 11.7. The van der Waals surface area contributed by atoms with Gasteiger partial charge in [0.2, 0.25) is 0 Å². The molecule has 1 saturated heterocycles. The zero-order valence-corrected chi connectivity index (χ0v) is 18.2. The Bertz CT molecular complexity index is 854. The number of rotatable bonds is 3. The van der Waals surface area contributed by atoms with Gasteiger partial charge in [0.05, 0.1) is 10.3 Å². The van der Waals surface area contributed by atoms with Crippen LogP contribution < -0.4 is 10.2 Å². The van der Waals surface area contributed by atoms with E-state index in [-0.39, 0.29) is 5.91 Å². The minimum absolute atomic E-state index is 0.0719. The molecule has 1 aliphatic carbocycles. The van der Waals surface area contributed by atoms with Crippen LogP contribution in [0.4, 0.5) is 5.82 Å². The van der Waals surface area contributed by atoms with Gasteiger partial charge < -0.3 is 10.2 Å². The molecule has 28 heavy (non-hydrogen) atoms. The lowest BCUT2D eigenvalue weighted by Gasteiger charge is -2.35. The van der Waals surface area contributed by atoms with Crippen LogP contribution >= 0.6 is 11.3 Å². The lowest BCUT2D eigenvalue weighted by Crippen LogP contribution is -2.38. The highest BCUT2D eigenvalue weighted by Crippen LogP contribution is 2.37. The van der Waals surface area contributed by atoms with Gasteiger partial charge in [-0.05, 0) is 58.4 Å². The number of hydrogen-bond donors (Lipinski definition) is 1. The molecule has 3 heterocycles. The highest BCUT2D eigenvalue weighted by atomic mass is 32.1. The van der Waals surface area contributed by atoms with Crippen LogP contribution in [0.5, 0.6) is 0 Å². The van der Waals surface area contributed by atoms with E-state index in [2.05, 4.69) is 29.0 Å². The maximum Gasteiger partial charge on any atom is 0.261 e. The second kappa shape index (κ2) is 8.36. The summed E-state index contributed by atoms with van der Waals surface area (Å²) in [5.41, 5.74) is 1.04. The van der Waals surface area contributed by atoms with E-state index in [1.54, 1.807) is 0 Å². The summed E-state index contributed by atoms with van der Waals surface area (Å²) < 4.78 is 0. The lowest BCUT2D eigenvalue weighted by molar-refractivity contribution is 0.0937. The first-order valence-electron chi connectivity index (χ1n) is 10.9. The molecule has 0 spiro atoms. The van der Waals surface area contributed by atoms with Gasteiger partial charge in [0, 0.05) is 18.6 Å². The number of piperidine rings is 1. The molecular weight excluding hydrogens is 368 g/mol. The summed E-state index contributed by atoms with van der Waals surface area (Å²) in [4.78, 5) is 26.8. The number of nitrogens with one attached hydrogen (secondary N) is 1. The highest BCUT2D eigenvalue weighted by molar-refractivity contribution is 7.20. The molecule has 1 N–H and O–H groups in total. The van der Waals surface area contributed by atoms with Crippen LogP contribution in [0.3, 0.4) is 0 Å². The smallest absolute Gasteiger partial charge is 0.261 e. The normalized spacial score (nSPS) is 21.7. The number of carbonyl (C=O) groups is 1. The number of fused-ring (bicyclic) bond motifs is 1. The summed E-state index contributed by atoms with van der Waals surface area (Å²) in [7, 11) is 0. The van der Waals surface area contributed by atoms with E-state index in [0.717, 1.165) is 51.7 Å². The molecule has 5 nitrogen and oxygen atoms in total. The van der Waals surface area contributed by atoms with Gasteiger partial charge in [-0.25, -0.2) is 9.97 Å². The maximum atomic E-state index is 13.1. The number of nitrogens with zero attached hydrogens (tertiary/aromatic N) is 3. The average Bonchev–Trinajstić information content (AvgIpc) is 2.83. The van der Waals surface area contributed by atoms with Crippen LogP contribution in [0.1, 0.15) is 85.8 Å². The van der Waals surface area contributed by atoms with Crippen LogP contribution in [0.15, 0.2) is 0 Å². The molecule has 0 bridgehead atoms. The molecule has 0 aromatic carbocycles. The van der Waals surface area contributed by atoms with Gasteiger partial charge in [0.1, 0.15) is 16.5 Å². The van der Waals surface area contributed by atoms with Gasteiger partial charge in [-0.15, -0.1) is 11.3 Å². The third-order valence-electron chi connectivity index (χ3n) is 6.35. The SMILES string of the molecule is Cc1nc(N2CCCCC2C)c2c(C)c(C(=O)NC3CCCCCC3)sc2n1. The van der Waals surface area contributed by atoms with Crippen molar-refractivity contribution >= 4 is 33.3 Å². The Hall–Kier alpha value is -1.69. The van der Waals surface area contributed by atoms with Crippen LogP contribution in [0.2, 0.25) is 0 Å². The molecule has 2 fully saturated rings. The van der Waals surface area contributed by atoms with Crippen molar-refractivity contribution in [3.8, 4) is 0 Å². The number of aromatic nitrogens is 2. The van der Waals surface area contributed by atoms with Gasteiger partial charge in [-0.1, -0.05) is 25.7 Å². The van der Waals surface area contributed by atoms with Gasteiger partial charge in [-0.3, -0.25) is 4.79 Å². The summed E-state index contributed by atoms with van der Waals surface area (Å²) in [6.45, 7) is 7.34. The fourth-order valence-electron chi connectivity index (χ4n) is 4.73. The molecule has 1 amide bonds. The number of amides is 1. The molecule has 2 aromatic rings. The van der Waals surface area contributed by atoms with Crippen molar-refractivity contribution < 1.29 is 4.79 Å². The highest BCUT2D eigenvalue weighted by Gasteiger charge is 2.27. The number of aryl methyl sites for hydroxylation is 2. The quantitative estimate of drug-likeness (QED) is 0.725. The van der Waals surface area contributed by atoms with Gasteiger partial charge in [-0.2, -0.15) is 0 Å². The van der Waals surface area contributed by atoms with Crippen molar-refractivity contribution in [2.24, 2.45) is 0 Å². The van der Waals surface area contributed by atoms with Crippen molar-refractivity contribution in [1.29, 1.82) is 0 Å². The van der Waals surface area contributed by atoms with Crippen LogP contribution in [-0.4, -0.2) is 34.5 Å². The molecule has 0 radical (unpaired) electrons. The Balaban J connectivity index is 1.67. The van der Waals surface area contributed by atoms with Crippen molar-refractivity contribution in [3.05, 3.63) is 16.3 Å². The van der Waals surface area contributed by atoms with E-state index in [0.29, 0.717) is 12.1 Å². The Labute approximate surface area is 171 Å². The first-order chi connectivity index (χ1) is 13.5. The largest absolute Gasteiger partial charge is 0.353 e. The van der Waals surface area contributed by atoms with Crippen LogP contribution in [-0.2, 0) is 0 Å². The first kappa shape index (κ1) is 19.6. The Morgan fingerprint density at radius 2 is 1.75 bits per heavy atom. The number of anilines is 1. The van der Waals surface area contributed by atoms with Crippen molar-refractivity contribution in [3.63, 3.8) is 0 Å². The third-order valence-corrected chi connectivity index (χ3v) is 7.54. The molecule has 1 saturated carbocycles. The van der Waals surface area contributed by atoms with Crippen molar-refractivity contribution in [2.45, 2.75) is 90.6 Å². The standard InChI is InChI=1S/C22H32N4OS/c1-14-10-8-9-13-26(14)20-18-15(2)19(28-22(18)24-16(3)23-20)21(27)25-17-11-6-4-5-7-12-17/h14,17H,4-13H2,1-3H3,(H,25,27). The molecule has 1 aliphatic heterocycles. The molecule has 2 aliphatic rings. The van der Waals surface area contributed by atoms with E-state index in [1.807, 2.05) is 6.92 Å². The van der Waals surface area contributed by atoms with E-state index < -0.39 is 0 Å². The summed E-state index contributed by atoms with van der Waals surface area (Å²) in [5, 5.41) is 4.39. The Morgan fingerprint density at radius 3 is 2.46 bits per heavy atom. The molecule has 1 atom stereocenters. The Kier molecular flexibility index (Phi) is 5.85. The van der Waals surface area contributed by atoms with Gasteiger partial charge in [0.25, 0.3) is 5.91 Å². The van der Waals surface area contributed by atoms with E-state index in [1.165, 1.54) is 56.3 Å². The average molecular weight is 401 g/mol. The van der Waals surface area contributed by atoms with Gasteiger partial charge in [0.15, 0.2) is 0 Å². The second-order valence-electron chi connectivity index (χ2n) is 8.53. The summed E-state index contributed by atoms with van der Waals surface area (Å²) in [5.74, 6) is 1.89. The summed E-state index contributed by atoms with van der Waals surface area (Å²) in [6, 6.07) is 0.794. The van der Waals surface area contributed by atoms with Crippen LogP contribution in [0.25, 0.3) is 10.2 Å². The maximum absolute atomic E-state index is 13.1. The second-order valence-corrected chi connectivity index (χ2v) is 9.53. The molecule has 6 heteroatoms. The zero-order valence-electron chi connectivity index (χ0n) is 17.4. The number of carbonyl (C=O) groups excluding carboxylic acids is 1. The Morgan fingerprint density at radius 1 is 1.04 bits per heavy atom. The zero-order chi connectivity index (χ0) is 19.7. The van der Waals surface area contributed by atoms with E-state index in [4.69, 9.17) is 4.98 Å². The van der Waals surface area contributed by atoms with Crippen molar-refractivity contribution in [2.75, 3.05) is 11.4 Å². The molecular formula is C22H32N4OS. The topological polar surface area (TPSA) is 58.1 Å². The van der Waals surface area contributed by atoms with Crippen molar-refractivity contribution in [1.82, 2.24) is 15.3 Å². The minimum Gasteiger partial charge on any atom is -0.353 e. The fraction of sp³-hybridized carbons (Fsp3) is 0.682.